The van der Waals surface area contributed by atoms with E-state index in [0.29, 0.717) is 11.7 Å². The molecule has 0 saturated heterocycles. The van der Waals surface area contributed by atoms with E-state index in [1.165, 1.54) is 19.3 Å². The monoisotopic (exact) mass is 349 g/mol. The third-order valence-electron chi connectivity index (χ3n) is 4.41. The fourth-order valence-corrected chi connectivity index (χ4v) is 3.68. The molecule has 2 aromatic rings. The summed E-state index contributed by atoms with van der Waals surface area (Å²) in [6.45, 7) is 2.28. The molecule has 0 radical (unpaired) electrons. The molecule has 0 amide bonds. The Morgan fingerprint density at radius 3 is 2.67 bits per heavy atom. The van der Waals surface area contributed by atoms with Gasteiger partial charge in [0.1, 0.15) is 0 Å². The van der Waals surface area contributed by atoms with Crippen LogP contribution in [0, 0.1) is 5.92 Å². The van der Waals surface area contributed by atoms with Crippen molar-refractivity contribution in [2.75, 3.05) is 5.73 Å². The van der Waals surface area contributed by atoms with E-state index in [-0.39, 0.29) is 0 Å². The third kappa shape index (κ3) is 3.10. The summed E-state index contributed by atoms with van der Waals surface area (Å²) >= 11 is 3.48. The Balaban J connectivity index is 1.87. The second-order valence-electron chi connectivity index (χ2n) is 5.80. The van der Waals surface area contributed by atoms with Crippen LogP contribution in [0.4, 0.5) is 5.69 Å². The fraction of sp³-hybridized carbons (Fsp3) is 0.533. The SMILES string of the molecule is CCC1CCC(n2nnnc2-c2cc(N)cc(Br)c2)CC1. The summed E-state index contributed by atoms with van der Waals surface area (Å²) in [5.74, 6) is 1.67. The molecule has 0 atom stereocenters. The van der Waals surface area contributed by atoms with Crippen molar-refractivity contribution in [2.45, 2.75) is 45.1 Å². The molecule has 1 heterocycles. The van der Waals surface area contributed by atoms with E-state index in [2.05, 4.69) is 38.4 Å². The molecule has 21 heavy (non-hydrogen) atoms. The van der Waals surface area contributed by atoms with Crippen LogP contribution in [0.3, 0.4) is 0 Å². The highest BCUT2D eigenvalue weighted by Crippen LogP contribution is 2.35. The van der Waals surface area contributed by atoms with E-state index < -0.39 is 0 Å². The van der Waals surface area contributed by atoms with Gasteiger partial charge in [0.05, 0.1) is 6.04 Å². The number of halogens is 1. The molecule has 0 spiro atoms. The van der Waals surface area contributed by atoms with E-state index >= 15 is 0 Å². The Hall–Kier alpha value is -1.43. The van der Waals surface area contributed by atoms with Crippen LogP contribution in [-0.2, 0) is 0 Å². The summed E-state index contributed by atoms with van der Waals surface area (Å²) in [6, 6.07) is 6.21. The van der Waals surface area contributed by atoms with Crippen molar-refractivity contribution in [1.29, 1.82) is 0 Å². The first-order valence-electron chi connectivity index (χ1n) is 7.51. The number of anilines is 1. The molecule has 0 aliphatic heterocycles. The van der Waals surface area contributed by atoms with Crippen molar-refractivity contribution in [3.05, 3.63) is 22.7 Å². The first-order chi connectivity index (χ1) is 10.2. The predicted octanol–water partition coefficient (Wildman–Crippen LogP) is 3.83. The minimum Gasteiger partial charge on any atom is -0.399 e. The zero-order valence-electron chi connectivity index (χ0n) is 12.2. The maximum Gasteiger partial charge on any atom is 0.182 e. The predicted molar refractivity (Wildman–Crippen MR) is 86.7 cm³/mol. The highest BCUT2D eigenvalue weighted by Gasteiger charge is 2.24. The van der Waals surface area contributed by atoms with Crippen LogP contribution in [0.25, 0.3) is 11.4 Å². The molecule has 1 aliphatic rings. The van der Waals surface area contributed by atoms with Crippen molar-refractivity contribution < 1.29 is 0 Å². The number of nitrogen functional groups attached to an aromatic ring is 1. The number of aromatic nitrogens is 4. The molecule has 0 unspecified atom stereocenters. The molecule has 1 aromatic carbocycles. The molecule has 1 fully saturated rings. The first-order valence-corrected chi connectivity index (χ1v) is 8.31. The summed E-state index contributed by atoms with van der Waals surface area (Å²) in [4.78, 5) is 0. The summed E-state index contributed by atoms with van der Waals surface area (Å²) in [6.07, 6.45) is 6.11. The second kappa shape index (κ2) is 6.13. The zero-order valence-corrected chi connectivity index (χ0v) is 13.8. The molecular weight excluding hydrogens is 330 g/mol. The van der Waals surface area contributed by atoms with Gasteiger partial charge in [-0.25, -0.2) is 4.68 Å². The minimum atomic E-state index is 0.401. The average molecular weight is 350 g/mol. The van der Waals surface area contributed by atoms with E-state index in [9.17, 15) is 0 Å². The Morgan fingerprint density at radius 1 is 1.24 bits per heavy atom. The third-order valence-corrected chi connectivity index (χ3v) is 4.87. The number of tetrazole rings is 1. The first kappa shape index (κ1) is 14.5. The molecule has 1 saturated carbocycles. The molecule has 2 N–H and O–H groups in total. The topological polar surface area (TPSA) is 69.6 Å². The number of hydrogen-bond donors (Lipinski definition) is 1. The van der Waals surface area contributed by atoms with Crippen molar-refractivity contribution in [3.63, 3.8) is 0 Å². The number of hydrogen-bond acceptors (Lipinski definition) is 4. The zero-order chi connectivity index (χ0) is 14.8. The maximum atomic E-state index is 5.92. The number of benzene rings is 1. The van der Waals surface area contributed by atoms with Gasteiger partial charge in [0.15, 0.2) is 5.82 Å². The largest absolute Gasteiger partial charge is 0.399 e. The Kier molecular flexibility index (Phi) is 4.24. The lowest BCUT2D eigenvalue weighted by Gasteiger charge is -2.28. The van der Waals surface area contributed by atoms with E-state index in [1.807, 2.05) is 22.9 Å². The molecule has 1 aliphatic carbocycles. The highest BCUT2D eigenvalue weighted by molar-refractivity contribution is 9.10. The van der Waals surface area contributed by atoms with Crippen molar-refractivity contribution in [1.82, 2.24) is 20.2 Å². The average Bonchev–Trinajstić information content (AvgIpc) is 2.96. The van der Waals surface area contributed by atoms with Crippen molar-refractivity contribution in [2.24, 2.45) is 5.92 Å². The molecule has 5 nitrogen and oxygen atoms in total. The second-order valence-corrected chi connectivity index (χ2v) is 6.72. The van der Waals surface area contributed by atoms with Gasteiger partial charge in [-0.05, 0) is 60.2 Å². The van der Waals surface area contributed by atoms with Crippen LogP contribution in [0.15, 0.2) is 22.7 Å². The number of nitrogens with zero attached hydrogens (tertiary/aromatic N) is 4. The van der Waals surface area contributed by atoms with Gasteiger partial charge in [-0.2, -0.15) is 0 Å². The van der Waals surface area contributed by atoms with Crippen molar-refractivity contribution >= 4 is 21.6 Å². The van der Waals surface area contributed by atoms with Gasteiger partial charge in [-0.15, -0.1) is 5.10 Å². The van der Waals surface area contributed by atoms with Crippen LogP contribution >= 0.6 is 15.9 Å². The molecular formula is C15H20BrN5. The van der Waals surface area contributed by atoms with E-state index in [1.54, 1.807) is 0 Å². The van der Waals surface area contributed by atoms with Crippen LogP contribution < -0.4 is 5.73 Å². The van der Waals surface area contributed by atoms with Crippen LogP contribution in [0.1, 0.15) is 45.1 Å². The van der Waals surface area contributed by atoms with Crippen LogP contribution in [0.5, 0.6) is 0 Å². The molecule has 0 bridgehead atoms. The Morgan fingerprint density at radius 2 is 2.00 bits per heavy atom. The van der Waals surface area contributed by atoms with Crippen molar-refractivity contribution in [3.8, 4) is 11.4 Å². The minimum absolute atomic E-state index is 0.401. The quantitative estimate of drug-likeness (QED) is 0.855. The van der Waals surface area contributed by atoms with Gasteiger partial charge in [0, 0.05) is 15.7 Å². The standard InChI is InChI=1S/C15H20BrN5/c1-2-10-3-5-14(6-4-10)21-15(18-19-20-21)11-7-12(16)9-13(17)8-11/h7-10,14H,2-6,17H2,1H3. The lowest BCUT2D eigenvalue weighted by Crippen LogP contribution is -2.19. The Labute approximate surface area is 133 Å². The summed E-state index contributed by atoms with van der Waals surface area (Å²) < 4.78 is 2.93. The summed E-state index contributed by atoms with van der Waals surface area (Å²) in [7, 11) is 0. The summed E-state index contributed by atoms with van der Waals surface area (Å²) in [5.41, 5.74) is 7.60. The smallest absolute Gasteiger partial charge is 0.182 e. The normalized spacial score (nSPS) is 22.4. The molecule has 112 valence electrons. The van der Waals surface area contributed by atoms with Crippen LogP contribution in [-0.4, -0.2) is 20.2 Å². The number of rotatable bonds is 3. The molecule has 1 aromatic heterocycles. The van der Waals surface area contributed by atoms with Gasteiger partial charge >= 0.3 is 0 Å². The van der Waals surface area contributed by atoms with Gasteiger partial charge in [-0.1, -0.05) is 29.3 Å². The summed E-state index contributed by atoms with van der Waals surface area (Å²) in [5, 5.41) is 12.3. The van der Waals surface area contributed by atoms with Gasteiger partial charge < -0.3 is 5.73 Å². The molecule has 6 heteroatoms. The lowest BCUT2D eigenvalue weighted by molar-refractivity contribution is 0.255. The van der Waals surface area contributed by atoms with Gasteiger partial charge in [0.2, 0.25) is 0 Å². The maximum absolute atomic E-state index is 5.92. The van der Waals surface area contributed by atoms with E-state index in [4.69, 9.17) is 5.73 Å². The molecule has 3 rings (SSSR count). The Bertz CT molecular complexity index is 596. The van der Waals surface area contributed by atoms with Gasteiger partial charge in [0.25, 0.3) is 0 Å². The van der Waals surface area contributed by atoms with Crippen LogP contribution in [0.2, 0.25) is 0 Å². The van der Waals surface area contributed by atoms with E-state index in [0.717, 1.165) is 34.6 Å². The van der Waals surface area contributed by atoms with Gasteiger partial charge in [-0.3, -0.25) is 0 Å². The fourth-order valence-electron chi connectivity index (χ4n) is 3.17. The lowest BCUT2D eigenvalue weighted by atomic mass is 9.84. The highest BCUT2D eigenvalue weighted by atomic mass is 79.9. The number of nitrogens with two attached hydrogens (primary N) is 1.